The minimum Gasteiger partial charge on any atom is -0.455 e. The Balaban J connectivity index is 1.71. The minimum atomic E-state index is -0.0108. The molecule has 0 radical (unpaired) electrons. The molecular weight excluding hydrogens is 366 g/mol. The third-order valence-corrected chi connectivity index (χ3v) is 6.86. The van der Waals surface area contributed by atoms with Crippen LogP contribution in [0.3, 0.4) is 0 Å². The molecule has 0 spiro atoms. The van der Waals surface area contributed by atoms with E-state index < -0.39 is 0 Å². The van der Waals surface area contributed by atoms with Gasteiger partial charge >= 0.3 is 0 Å². The lowest BCUT2D eigenvalue weighted by molar-refractivity contribution is -0.660. The lowest BCUT2D eigenvalue weighted by atomic mass is 9.82. The van der Waals surface area contributed by atoms with Crippen LogP contribution in [0.1, 0.15) is 30.5 Å². The van der Waals surface area contributed by atoms with Crippen LogP contribution in [0.2, 0.25) is 0 Å². The van der Waals surface area contributed by atoms with Crippen molar-refractivity contribution >= 4 is 21.9 Å². The van der Waals surface area contributed by atoms with Gasteiger partial charge in [0.05, 0.1) is 5.56 Å². The molecule has 2 heteroatoms. The third-order valence-electron chi connectivity index (χ3n) is 6.86. The Labute approximate surface area is 176 Å². The number of pyridine rings is 1. The Morgan fingerprint density at radius 2 is 1.60 bits per heavy atom. The quantitative estimate of drug-likeness (QED) is 0.291. The lowest BCUT2D eigenvalue weighted by Crippen LogP contribution is -2.30. The molecule has 0 N–H and O–H groups in total. The second-order valence-electron chi connectivity index (χ2n) is 9.00. The monoisotopic (exact) mass is 390 g/mol. The molecule has 0 amide bonds. The van der Waals surface area contributed by atoms with Crippen LogP contribution in [-0.4, -0.2) is 0 Å². The maximum atomic E-state index is 6.57. The molecule has 2 nitrogen and oxygen atoms in total. The predicted octanol–water partition coefficient (Wildman–Crippen LogP) is 6.69. The fourth-order valence-corrected chi connectivity index (χ4v) is 5.23. The first-order valence-electron chi connectivity index (χ1n) is 10.5. The van der Waals surface area contributed by atoms with Crippen LogP contribution in [0.25, 0.3) is 44.3 Å². The van der Waals surface area contributed by atoms with Gasteiger partial charge in [-0.05, 0) is 52.9 Å². The van der Waals surface area contributed by atoms with Crippen molar-refractivity contribution in [2.24, 2.45) is 7.05 Å². The van der Waals surface area contributed by atoms with Crippen molar-refractivity contribution in [2.75, 3.05) is 0 Å². The summed E-state index contributed by atoms with van der Waals surface area (Å²) >= 11 is 0. The van der Waals surface area contributed by atoms with E-state index in [1.54, 1.807) is 0 Å². The summed E-state index contributed by atoms with van der Waals surface area (Å²) in [5.41, 5.74) is 10.9. The highest BCUT2D eigenvalue weighted by molar-refractivity contribution is 6.11. The van der Waals surface area contributed by atoms with Crippen LogP contribution in [0.15, 0.2) is 77.3 Å². The van der Waals surface area contributed by atoms with E-state index in [0.29, 0.717) is 0 Å². The Morgan fingerprint density at radius 1 is 0.800 bits per heavy atom. The first-order valence-corrected chi connectivity index (χ1v) is 10.5. The van der Waals surface area contributed by atoms with Crippen LogP contribution < -0.4 is 4.57 Å². The lowest BCUT2D eigenvalue weighted by Gasteiger charge is -2.21. The van der Waals surface area contributed by atoms with Crippen molar-refractivity contribution in [3.8, 4) is 22.4 Å². The number of nitrogens with zero attached hydrogens (tertiary/aromatic N) is 1. The molecular formula is C28H24NO+. The van der Waals surface area contributed by atoms with Crippen LogP contribution in [0.5, 0.6) is 0 Å². The van der Waals surface area contributed by atoms with Crippen molar-refractivity contribution < 1.29 is 8.98 Å². The maximum Gasteiger partial charge on any atom is 0.216 e. The highest BCUT2D eigenvalue weighted by Crippen LogP contribution is 2.51. The zero-order valence-corrected chi connectivity index (χ0v) is 17.8. The molecule has 0 saturated carbocycles. The predicted molar refractivity (Wildman–Crippen MR) is 123 cm³/mol. The first-order chi connectivity index (χ1) is 14.5. The van der Waals surface area contributed by atoms with Gasteiger partial charge in [-0.3, -0.25) is 0 Å². The average molecular weight is 391 g/mol. The second kappa shape index (κ2) is 5.82. The molecule has 146 valence electrons. The number of furan rings is 1. The first kappa shape index (κ1) is 17.5. The van der Waals surface area contributed by atoms with E-state index >= 15 is 0 Å². The molecule has 5 aromatic rings. The molecule has 0 unspecified atom stereocenters. The van der Waals surface area contributed by atoms with Gasteiger partial charge < -0.3 is 4.42 Å². The van der Waals surface area contributed by atoms with Gasteiger partial charge in [0, 0.05) is 28.3 Å². The second-order valence-corrected chi connectivity index (χ2v) is 9.00. The van der Waals surface area contributed by atoms with Gasteiger partial charge in [0.25, 0.3) is 0 Å². The summed E-state index contributed by atoms with van der Waals surface area (Å²) in [7, 11) is 2.09. The van der Waals surface area contributed by atoms with Gasteiger partial charge in [0.15, 0.2) is 6.20 Å². The van der Waals surface area contributed by atoms with Gasteiger partial charge in [-0.2, -0.15) is 0 Å². The number of benzene rings is 3. The highest BCUT2D eigenvalue weighted by atomic mass is 16.3. The standard InChI is InChI=1S/C28H24NO/c1-17-12-13-19-21-15-23-20(18-9-5-6-10-22(18)28(23,2)3)16-25(21)30-27(19)26(17)24-11-7-8-14-29(24)4/h5-16H,1-4H3/q+1. The Bertz CT molecular complexity index is 1490. The van der Waals surface area contributed by atoms with Gasteiger partial charge in [-0.15, -0.1) is 0 Å². The molecule has 1 aliphatic rings. The topological polar surface area (TPSA) is 17.0 Å². The van der Waals surface area contributed by atoms with E-state index in [2.05, 4.69) is 105 Å². The molecule has 0 atom stereocenters. The molecule has 0 bridgehead atoms. The summed E-state index contributed by atoms with van der Waals surface area (Å²) in [6, 6.07) is 24.1. The number of fused-ring (bicyclic) bond motifs is 6. The number of aromatic nitrogens is 1. The van der Waals surface area contributed by atoms with Crippen molar-refractivity contribution in [3.05, 3.63) is 89.6 Å². The Morgan fingerprint density at radius 3 is 2.43 bits per heavy atom. The molecule has 0 saturated heterocycles. The van der Waals surface area contributed by atoms with Crippen LogP contribution in [0, 0.1) is 6.92 Å². The van der Waals surface area contributed by atoms with Gasteiger partial charge in [-0.25, -0.2) is 4.57 Å². The fraction of sp³-hybridized carbons (Fsp3) is 0.179. The van der Waals surface area contributed by atoms with E-state index in [1.165, 1.54) is 44.2 Å². The molecule has 3 aromatic carbocycles. The Hall–Kier alpha value is -3.39. The van der Waals surface area contributed by atoms with E-state index in [9.17, 15) is 0 Å². The minimum absolute atomic E-state index is 0.0108. The van der Waals surface area contributed by atoms with Crippen molar-refractivity contribution in [1.29, 1.82) is 0 Å². The number of rotatable bonds is 1. The SMILES string of the molecule is Cc1ccc2c(oc3cc4c(cc32)C(C)(C)c2ccccc2-4)c1-c1cccc[n+]1C. The van der Waals surface area contributed by atoms with Gasteiger partial charge in [-0.1, -0.05) is 50.2 Å². The fourth-order valence-electron chi connectivity index (χ4n) is 5.23. The highest BCUT2D eigenvalue weighted by Gasteiger charge is 2.36. The molecule has 6 rings (SSSR count). The van der Waals surface area contributed by atoms with Crippen molar-refractivity contribution in [3.63, 3.8) is 0 Å². The largest absolute Gasteiger partial charge is 0.455 e. The van der Waals surface area contributed by atoms with Crippen LogP contribution in [0.4, 0.5) is 0 Å². The van der Waals surface area contributed by atoms with Crippen LogP contribution in [-0.2, 0) is 12.5 Å². The van der Waals surface area contributed by atoms with E-state index in [0.717, 1.165) is 16.9 Å². The molecule has 0 aliphatic heterocycles. The number of hydrogen-bond acceptors (Lipinski definition) is 1. The maximum absolute atomic E-state index is 6.57. The smallest absolute Gasteiger partial charge is 0.216 e. The molecule has 1 aliphatic carbocycles. The number of hydrogen-bond donors (Lipinski definition) is 0. The summed E-state index contributed by atoms with van der Waals surface area (Å²) < 4.78 is 8.73. The van der Waals surface area contributed by atoms with E-state index in [4.69, 9.17) is 4.42 Å². The summed E-state index contributed by atoms with van der Waals surface area (Å²) in [5.74, 6) is 0. The van der Waals surface area contributed by atoms with Crippen molar-refractivity contribution in [1.82, 2.24) is 0 Å². The molecule has 30 heavy (non-hydrogen) atoms. The zero-order valence-electron chi connectivity index (χ0n) is 17.8. The third kappa shape index (κ3) is 2.16. The normalized spacial score (nSPS) is 14.3. The molecule has 2 heterocycles. The van der Waals surface area contributed by atoms with Gasteiger partial charge in [0.1, 0.15) is 18.2 Å². The molecule has 2 aromatic heterocycles. The summed E-state index contributed by atoms with van der Waals surface area (Å²) in [4.78, 5) is 0. The molecule has 0 fully saturated rings. The van der Waals surface area contributed by atoms with E-state index in [-0.39, 0.29) is 5.41 Å². The number of aryl methyl sites for hydroxylation is 2. The Kier molecular flexibility index (Phi) is 3.39. The summed E-state index contributed by atoms with van der Waals surface area (Å²) in [5, 5.41) is 2.38. The zero-order chi connectivity index (χ0) is 20.6. The summed E-state index contributed by atoms with van der Waals surface area (Å²) in [6.07, 6.45) is 2.09. The summed E-state index contributed by atoms with van der Waals surface area (Å²) in [6.45, 7) is 6.81. The van der Waals surface area contributed by atoms with Crippen molar-refractivity contribution in [2.45, 2.75) is 26.2 Å². The van der Waals surface area contributed by atoms with E-state index in [1.807, 2.05) is 0 Å². The average Bonchev–Trinajstić information content (AvgIpc) is 3.20. The van der Waals surface area contributed by atoms with Crippen LogP contribution >= 0.6 is 0 Å². The van der Waals surface area contributed by atoms with Gasteiger partial charge in [0.2, 0.25) is 5.69 Å².